The highest BCUT2D eigenvalue weighted by Gasteiger charge is 2.24. The van der Waals surface area contributed by atoms with Crippen molar-refractivity contribution in [2.45, 2.75) is 6.92 Å². The third kappa shape index (κ3) is 3.89. The molecule has 0 aliphatic heterocycles. The molecule has 0 bridgehead atoms. The second-order valence-electron chi connectivity index (χ2n) is 7.07. The van der Waals surface area contributed by atoms with Crippen molar-refractivity contribution in [3.05, 3.63) is 87.0 Å². The average molecular weight is 525 g/mol. The van der Waals surface area contributed by atoms with Gasteiger partial charge in [0.2, 0.25) is 0 Å². The number of nitrogens with zero attached hydrogens (tertiary/aromatic N) is 2. The van der Waals surface area contributed by atoms with E-state index in [2.05, 4.69) is 26.3 Å². The maximum atomic E-state index is 15.1. The number of benzene rings is 3. The number of halogens is 6. The molecule has 3 aromatic carbocycles. The quantitative estimate of drug-likeness (QED) is 0.218. The van der Waals surface area contributed by atoms with Crippen LogP contribution < -0.4 is 5.32 Å². The predicted octanol–water partition coefficient (Wildman–Crippen LogP) is 7.78. The molecule has 3 nitrogen and oxygen atoms in total. The predicted molar refractivity (Wildman–Crippen MR) is 121 cm³/mol. The standard InChI is InChI=1S/C23H15BrClF4N3/c1-11-19(13-8-7-12(26)9-15(13)24)23(32(2)31-11)30-18-10-17(28)20(22(29)21(18)25)14-5-3-4-6-16(14)27/h3-10,30H,1-2H3. The molecule has 0 spiro atoms. The number of anilines is 2. The Morgan fingerprint density at radius 1 is 0.938 bits per heavy atom. The van der Waals surface area contributed by atoms with Gasteiger partial charge in [-0.15, -0.1) is 0 Å². The number of aromatic nitrogens is 2. The summed E-state index contributed by atoms with van der Waals surface area (Å²) in [6.07, 6.45) is 0. The molecule has 0 radical (unpaired) electrons. The zero-order valence-corrected chi connectivity index (χ0v) is 19.1. The van der Waals surface area contributed by atoms with E-state index in [0.717, 1.165) is 12.1 Å². The van der Waals surface area contributed by atoms with Gasteiger partial charge in [0.05, 0.1) is 16.9 Å². The average Bonchev–Trinajstić information content (AvgIpc) is 3.00. The molecule has 0 atom stereocenters. The van der Waals surface area contributed by atoms with Gasteiger partial charge in [-0.2, -0.15) is 5.10 Å². The Bertz CT molecular complexity index is 1350. The Hall–Kier alpha value is -2.84. The van der Waals surface area contributed by atoms with Crippen LogP contribution in [-0.2, 0) is 7.05 Å². The highest BCUT2D eigenvalue weighted by atomic mass is 79.9. The third-order valence-corrected chi connectivity index (χ3v) is 6.00. The van der Waals surface area contributed by atoms with E-state index in [1.807, 2.05) is 0 Å². The Morgan fingerprint density at radius 3 is 2.34 bits per heavy atom. The molecule has 0 amide bonds. The summed E-state index contributed by atoms with van der Waals surface area (Å²) >= 11 is 9.56. The molecule has 164 valence electrons. The van der Waals surface area contributed by atoms with Crippen LogP contribution in [-0.4, -0.2) is 9.78 Å². The molecule has 32 heavy (non-hydrogen) atoms. The lowest BCUT2D eigenvalue weighted by molar-refractivity contribution is 0.583. The summed E-state index contributed by atoms with van der Waals surface area (Å²) in [5.74, 6) is -2.89. The van der Waals surface area contributed by atoms with Crippen LogP contribution in [0.15, 0.2) is 53.0 Å². The summed E-state index contributed by atoms with van der Waals surface area (Å²) in [6.45, 7) is 1.75. The number of hydrogen-bond acceptors (Lipinski definition) is 2. The molecule has 4 rings (SSSR count). The van der Waals surface area contributed by atoms with Crippen LogP contribution in [0, 0.1) is 30.2 Å². The van der Waals surface area contributed by atoms with Gasteiger partial charge >= 0.3 is 0 Å². The first-order valence-corrected chi connectivity index (χ1v) is 10.5. The van der Waals surface area contributed by atoms with Crippen molar-refractivity contribution >= 4 is 39.0 Å². The Morgan fingerprint density at radius 2 is 1.66 bits per heavy atom. The van der Waals surface area contributed by atoms with Crippen molar-refractivity contribution in [3.8, 4) is 22.3 Å². The van der Waals surface area contributed by atoms with E-state index in [4.69, 9.17) is 11.6 Å². The van der Waals surface area contributed by atoms with E-state index >= 15 is 4.39 Å². The van der Waals surface area contributed by atoms with E-state index < -0.39 is 33.9 Å². The minimum absolute atomic E-state index is 0.0655. The van der Waals surface area contributed by atoms with Gasteiger partial charge in [-0.3, -0.25) is 4.68 Å². The summed E-state index contributed by atoms with van der Waals surface area (Å²) in [5, 5.41) is 6.87. The summed E-state index contributed by atoms with van der Waals surface area (Å²) in [6, 6.07) is 10.5. The molecule has 0 unspecified atom stereocenters. The van der Waals surface area contributed by atoms with E-state index in [1.165, 1.54) is 35.0 Å². The lowest BCUT2D eigenvalue weighted by Gasteiger charge is -2.15. The van der Waals surface area contributed by atoms with Gasteiger partial charge in [-0.25, -0.2) is 17.6 Å². The van der Waals surface area contributed by atoms with Crippen LogP contribution in [0.2, 0.25) is 5.02 Å². The van der Waals surface area contributed by atoms with Gasteiger partial charge in [-0.1, -0.05) is 51.8 Å². The first kappa shape index (κ1) is 22.4. The van der Waals surface area contributed by atoms with Crippen LogP contribution in [0.1, 0.15) is 5.69 Å². The van der Waals surface area contributed by atoms with Gasteiger partial charge in [0, 0.05) is 28.2 Å². The maximum Gasteiger partial charge on any atom is 0.154 e. The molecule has 4 aromatic rings. The van der Waals surface area contributed by atoms with Gasteiger partial charge in [0.15, 0.2) is 5.82 Å². The molecule has 1 aromatic heterocycles. The van der Waals surface area contributed by atoms with Gasteiger partial charge in [0.25, 0.3) is 0 Å². The minimum Gasteiger partial charge on any atom is -0.339 e. The molecule has 0 aliphatic carbocycles. The van der Waals surface area contributed by atoms with Crippen LogP contribution in [0.5, 0.6) is 0 Å². The van der Waals surface area contributed by atoms with E-state index in [1.54, 1.807) is 20.0 Å². The smallest absolute Gasteiger partial charge is 0.154 e. The lowest BCUT2D eigenvalue weighted by atomic mass is 10.0. The summed E-state index contributed by atoms with van der Waals surface area (Å²) in [7, 11) is 1.64. The first-order chi connectivity index (χ1) is 15.2. The number of rotatable bonds is 4. The maximum absolute atomic E-state index is 15.1. The van der Waals surface area contributed by atoms with Crippen molar-refractivity contribution in [2.75, 3.05) is 5.32 Å². The van der Waals surface area contributed by atoms with E-state index in [9.17, 15) is 13.2 Å². The Labute approximate surface area is 194 Å². The molecule has 0 saturated heterocycles. The van der Waals surface area contributed by atoms with Crippen molar-refractivity contribution in [3.63, 3.8) is 0 Å². The van der Waals surface area contributed by atoms with Crippen LogP contribution in [0.25, 0.3) is 22.3 Å². The van der Waals surface area contributed by atoms with Crippen LogP contribution >= 0.6 is 27.5 Å². The largest absolute Gasteiger partial charge is 0.339 e. The molecule has 9 heteroatoms. The van der Waals surface area contributed by atoms with E-state index in [0.29, 0.717) is 27.1 Å². The summed E-state index contributed by atoms with van der Waals surface area (Å²) in [4.78, 5) is 0. The third-order valence-electron chi connectivity index (χ3n) is 4.98. The molecule has 0 fully saturated rings. The molecule has 1 N–H and O–H groups in total. The highest BCUT2D eigenvalue weighted by molar-refractivity contribution is 9.10. The minimum atomic E-state index is -1.09. The van der Waals surface area contributed by atoms with Crippen LogP contribution in [0.3, 0.4) is 0 Å². The number of hydrogen-bond donors (Lipinski definition) is 1. The van der Waals surface area contributed by atoms with Crippen molar-refractivity contribution < 1.29 is 17.6 Å². The molecule has 0 saturated carbocycles. The van der Waals surface area contributed by atoms with E-state index in [-0.39, 0.29) is 11.3 Å². The number of nitrogens with one attached hydrogen (secondary N) is 1. The fourth-order valence-corrected chi connectivity index (χ4v) is 4.29. The molecule has 1 heterocycles. The zero-order valence-electron chi connectivity index (χ0n) is 16.8. The molecular weight excluding hydrogens is 510 g/mol. The Kier molecular flexibility index (Phi) is 6.01. The number of aryl methyl sites for hydroxylation is 2. The van der Waals surface area contributed by atoms with Gasteiger partial charge < -0.3 is 5.32 Å². The topological polar surface area (TPSA) is 29.9 Å². The normalized spacial score (nSPS) is 11.1. The van der Waals surface area contributed by atoms with Crippen molar-refractivity contribution in [1.82, 2.24) is 9.78 Å². The summed E-state index contributed by atoms with van der Waals surface area (Å²) in [5.41, 5.74) is 0.963. The Balaban J connectivity index is 1.84. The lowest BCUT2D eigenvalue weighted by Crippen LogP contribution is -2.04. The molecule has 0 aliphatic rings. The monoisotopic (exact) mass is 523 g/mol. The summed E-state index contributed by atoms with van der Waals surface area (Å²) < 4.78 is 59.7. The van der Waals surface area contributed by atoms with Crippen LogP contribution in [0.4, 0.5) is 29.1 Å². The second-order valence-corrected chi connectivity index (χ2v) is 8.30. The van der Waals surface area contributed by atoms with Crippen molar-refractivity contribution in [1.29, 1.82) is 0 Å². The SMILES string of the molecule is Cc1nn(C)c(Nc2cc(F)c(-c3ccccc3F)c(F)c2Cl)c1-c1ccc(F)cc1Br. The highest BCUT2D eigenvalue weighted by Crippen LogP contribution is 2.41. The molecular formula is C23H15BrClF4N3. The fraction of sp³-hybridized carbons (Fsp3) is 0.0870. The fourth-order valence-electron chi connectivity index (χ4n) is 3.54. The zero-order chi connectivity index (χ0) is 23.2. The second kappa shape index (κ2) is 8.60. The van der Waals surface area contributed by atoms with Gasteiger partial charge in [-0.05, 0) is 31.2 Å². The first-order valence-electron chi connectivity index (χ1n) is 9.37. The van der Waals surface area contributed by atoms with Gasteiger partial charge in [0.1, 0.15) is 28.3 Å². The van der Waals surface area contributed by atoms with Crippen molar-refractivity contribution in [2.24, 2.45) is 7.05 Å².